The van der Waals surface area contributed by atoms with Crippen LogP contribution in [0.5, 0.6) is 0 Å². The van der Waals surface area contributed by atoms with Gasteiger partial charge >= 0.3 is 0 Å². The molecular weight excluding hydrogens is 378 g/mol. The maximum absolute atomic E-state index is 13.0. The summed E-state index contributed by atoms with van der Waals surface area (Å²) in [4.78, 5) is 14.7. The minimum absolute atomic E-state index is 0.0161. The van der Waals surface area contributed by atoms with Crippen LogP contribution in [0.25, 0.3) is 0 Å². The molecule has 1 N–H and O–H groups in total. The summed E-state index contributed by atoms with van der Waals surface area (Å²) in [5, 5.41) is 8.86. The number of anilines is 1. The van der Waals surface area contributed by atoms with Crippen molar-refractivity contribution in [1.29, 1.82) is 5.26 Å². The van der Waals surface area contributed by atoms with Gasteiger partial charge in [-0.05, 0) is 50.2 Å². The van der Waals surface area contributed by atoms with Crippen LogP contribution in [-0.2, 0) is 14.8 Å². The molecule has 1 aliphatic rings. The number of sulfonamides is 1. The summed E-state index contributed by atoms with van der Waals surface area (Å²) < 4.78 is 33.6. The number of ether oxygens (including phenoxy) is 1. The lowest BCUT2D eigenvalue weighted by Crippen LogP contribution is -2.48. The van der Waals surface area contributed by atoms with Crippen LogP contribution in [0.2, 0.25) is 0 Å². The topological polar surface area (TPSA) is 99.5 Å². The van der Waals surface area contributed by atoms with Crippen LogP contribution in [0.15, 0.2) is 53.4 Å². The third kappa shape index (κ3) is 4.32. The van der Waals surface area contributed by atoms with Crippen LogP contribution < -0.4 is 4.72 Å². The molecule has 146 valence electrons. The zero-order valence-electron chi connectivity index (χ0n) is 15.6. The number of amides is 1. The van der Waals surface area contributed by atoms with Crippen LogP contribution in [0.4, 0.5) is 5.69 Å². The molecule has 2 aromatic rings. The van der Waals surface area contributed by atoms with Gasteiger partial charge in [0.2, 0.25) is 0 Å². The van der Waals surface area contributed by atoms with Crippen molar-refractivity contribution in [1.82, 2.24) is 4.90 Å². The Balaban J connectivity index is 1.87. The average Bonchev–Trinajstić information content (AvgIpc) is 2.67. The number of nitrogens with zero attached hydrogens (tertiary/aromatic N) is 2. The summed E-state index contributed by atoms with van der Waals surface area (Å²) in [6.45, 7) is 4.69. The Labute approximate surface area is 164 Å². The predicted molar refractivity (Wildman–Crippen MR) is 104 cm³/mol. The maximum Gasteiger partial charge on any atom is 0.261 e. The highest BCUT2D eigenvalue weighted by atomic mass is 32.2. The molecule has 0 aromatic heterocycles. The number of carbonyl (C=O) groups excluding carboxylic acids is 1. The number of para-hydroxylation sites is 1. The fourth-order valence-electron chi connectivity index (χ4n) is 3.18. The molecule has 7 nitrogen and oxygen atoms in total. The van der Waals surface area contributed by atoms with Gasteiger partial charge in [0.15, 0.2) is 0 Å². The van der Waals surface area contributed by atoms with E-state index in [1.54, 1.807) is 29.2 Å². The molecule has 0 unspecified atom stereocenters. The minimum Gasteiger partial charge on any atom is -0.372 e. The molecule has 0 spiro atoms. The van der Waals surface area contributed by atoms with Crippen molar-refractivity contribution in [3.8, 4) is 6.07 Å². The Hall–Kier alpha value is -2.89. The first kappa shape index (κ1) is 19.9. The normalized spacial score (nSPS) is 19.7. The molecule has 28 heavy (non-hydrogen) atoms. The predicted octanol–water partition coefficient (Wildman–Crippen LogP) is 2.61. The van der Waals surface area contributed by atoms with Gasteiger partial charge in [-0.15, -0.1) is 0 Å². The van der Waals surface area contributed by atoms with Gasteiger partial charge in [-0.1, -0.05) is 12.1 Å². The van der Waals surface area contributed by atoms with E-state index in [-0.39, 0.29) is 34.3 Å². The quantitative estimate of drug-likeness (QED) is 0.852. The third-order valence-corrected chi connectivity index (χ3v) is 5.78. The van der Waals surface area contributed by atoms with Gasteiger partial charge in [-0.25, -0.2) is 8.42 Å². The van der Waals surface area contributed by atoms with Crippen molar-refractivity contribution in [2.45, 2.75) is 31.0 Å². The molecule has 3 rings (SSSR count). The number of hydrogen-bond acceptors (Lipinski definition) is 5. The van der Waals surface area contributed by atoms with E-state index >= 15 is 0 Å². The Morgan fingerprint density at radius 3 is 2.32 bits per heavy atom. The van der Waals surface area contributed by atoms with E-state index in [1.165, 1.54) is 24.3 Å². The second-order valence-corrected chi connectivity index (χ2v) is 8.44. The third-order valence-electron chi connectivity index (χ3n) is 4.40. The van der Waals surface area contributed by atoms with E-state index in [9.17, 15) is 13.2 Å². The SMILES string of the molecule is C[C@H]1CN(C(=O)c2ccccc2NS(=O)(=O)c2ccc(C#N)cc2)C[C@H](C)O1. The number of hydrogen-bond donors (Lipinski definition) is 1. The van der Waals surface area contributed by atoms with Crippen molar-refractivity contribution in [3.63, 3.8) is 0 Å². The van der Waals surface area contributed by atoms with Crippen molar-refractivity contribution in [2.75, 3.05) is 17.8 Å². The lowest BCUT2D eigenvalue weighted by atomic mass is 10.1. The molecule has 0 radical (unpaired) electrons. The van der Waals surface area contributed by atoms with E-state index < -0.39 is 10.0 Å². The zero-order valence-corrected chi connectivity index (χ0v) is 16.4. The van der Waals surface area contributed by atoms with Crippen molar-refractivity contribution >= 4 is 21.6 Å². The van der Waals surface area contributed by atoms with Crippen LogP contribution in [-0.4, -0.2) is 44.5 Å². The zero-order chi connectivity index (χ0) is 20.3. The van der Waals surface area contributed by atoms with Crippen LogP contribution >= 0.6 is 0 Å². The summed E-state index contributed by atoms with van der Waals surface area (Å²) >= 11 is 0. The first-order chi connectivity index (χ1) is 13.3. The fourth-order valence-corrected chi connectivity index (χ4v) is 4.26. The Bertz CT molecular complexity index is 1000. The van der Waals surface area contributed by atoms with Crippen molar-refractivity contribution in [3.05, 3.63) is 59.7 Å². The van der Waals surface area contributed by atoms with E-state index in [1.807, 2.05) is 19.9 Å². The molecule has 1 fully saturated rings. The largest absolute Gasteiger partial charge is 0.372 e. The van der Waals surface area contributed by atoms with Gasteiger partial charge in [-0.3, -0.25) is 9.52 Å². The molecule has 0 saturated carbocycles. The number of nitrogens with one attached hydrogen (secondary N) is 1. The van der Waals surface area contributed by atoms with Gasteiger partial charge in [0.05, 0.1) is 40.0 Å². The van der Waals surface area contributed by atoms with Gasteiger partial charge in [0, 0.05) is 13.1 Å². The summed E-state index contributed by atoms with van der Waals surface area (Å²) in [6, 6.07) is 14.0. The number of benzene rings is 2. The molecular formula is C20H21N3O4S. The highest BCUT2D eigenvalue weighted by molar-refractivity contribution is 7.92. The molecule has 1 aliphatic heterocycles. The Morgan fingerprint density at radius 1 is 1.11 bits per heavy atom. The first-order valence-corrected chi connectivity index (χ1v) is 10.3. The molecule has 2 atom stereocenters. The number of carbonyl (C=O) groups is 1. The first-order valence-electron chi connectivity index (χ1n) is 8.87. The van der Waals surface area contributed by atoms with Gasteiger partial charge in [-0.2, -0.15) is 5.26 Å². The smallest absolute Gasteiger partial charge is 0.261 e. The monoisotopic (exact) mass is 399 g/mol. The van der Waals surface area contributed by atoms with Gasteiger partial charge in [0.25, 0.3) is 15.9 Å². The van der Waals surface area contributed by atoms with E-state index in [4.69, 9.17) is 10.00 Å². The minimum atomic E-state index is -3.90. The summed E-state index contributed by atoms with van der Waals surface area (Å²) in [6.07, 6.45) is -0.176. The molecule has 8 heteroatoms. The lowest BCUT2D eigenvalue weighted by Gasteiger charge is -2.35. The van der Waals surface area contributed by atoms with E-state index in [0.717, 1.165) is 0 Å². The average molecular weight is 399 g/mol. The van der Waals surface area contributed by atoms with Gasteiger partial charge in [0.1, 0.15) is 0 Å². The standard InChI is InChI=1S/C20H21N3O4S/c1-14-12-23(13-15(2)27-14)20(24)18-5-3-4-6-19(18)22-28(25,26)17-9-7-16(11-21)8-10-17/h3-10,14-15,22H,12-13H2,1-2H3/t14-,15-/m0/s1. The summed E-state index contributed by atoms with van der Waals surface area (Å²) in [5.74, 6) is -0.250. The van der Waals surface area contributed by atoms with E-state index in [0.29, 0.717) is 18.7 Å². The summed E-state index contributed by atoms with van der Waals surface area (Å²) in [7, 11) is -3.90. The second-order valence-electron chi connectivity index (χ2n) is 6.75. The van der Waals surface area contributed by atoms with Gasteiger partial charge < -0.3 is 9.64 Å². The molecule has 0 aliphatic carbocycles. The second kappa shape index (κ2) is 8.00. The van der Waals surface area contributed by atoms with Crippen molar-refractivity contribution < 1.29 is 17.9 Å². The Morgan fingerprint density at radius 2 is 1.71 bits per heavy atom. The highest BCUT2D eigenvalue weighted by Gasteiger charge is 2.28. The Kier molecular flexibility index (Phi) is 5.68. The number of morpholine rings is 1. The number of nitriles is 1. The van der Waals surface area contributed by atoms with Crippen LogP contribution in [0.1, 0.15) is 29.8 Å². The van der Waals surface area contributed by atoms with Crippen LogP contribution in [0.3, 0.4) is 0 Å². The van der Waals surface area contributed by atoms with Crippen LogP contribution in [0, 0.1) is 11.3 Å². The molecule has 1 saturated heterocycles. The molecule has 0 bridgehead atoms. The molecule has 2 aromatic carbocycles. The lowest BCUT2D eigenvalue weighted by molar-refractivity contribution is -0.0585. The highest BCUT2D eigenvalue weighted by Crippen LogP contribution is 2.23. The maximum atomic E-state index is 13.0. The van der Waals surface area contributed by atoms with Crippen molar-refractivity contribution in [2.24, 2.45) is 0 Å². The summed E-state index contributed by atoms with van der Waals surface area (Å²) in [5.41, 5.74) is 0.856. The fraction of sp³-hybridized carbons (Fsp3) is 0.300. The number of rotatable bonds is 4. The molecule has 1 amide bonds. The van der Waals surface area contributed by atoms with E-state index in [2.05, 4.69) is 4.72 Å². The molecule has 1 heterocycles.